The highest BCUT2D eigenvalue weighted by atomic mass is 35.5. The van der Waals surface area contributed by atoms with Gasteiger partial charge in [0.15, 0.2) is 5.76 Å². The first-order valence-corrected chi connectivity index (χ1v) is 7.63. The molecule has 0 aliphatic rings. The van der Waals surface area contributed by atoms with Crippen LogP contribution in [0.1, 0.15) is 16.1 Å². The number of carbonyl (C=O) groups is 1. The van der Waals surface area contributed by atoms with E-state index in [1.54, 1.807) is 42.5 Å². The van der Waals surface area contributed by atoms with Crippen LogP contribution in [0.15, 0.2) is 59.1 Å². The smallest absolute Gasteiger partial charge is 0.251 e. The molecule has 4 nitrogen and oxygen atoms in total. The molecule has 0 bridgehead atoms. The molecular weight excluding hydrogens is 335 g/mol. The number of halogens is 2. The van der Waals surface area contributed by atoms with Gasteiger partial charge in [-0.25, -0.2) is 0 Å². The molecule has 0 saturated carbocycles. The Bertz CT molecular complexity index is 829. The molecule has 23 heavy (non-hydrogen) atoms. The molecular formula is C17H12Cl2N2O2. The molecule has 3 aromatic rings. The van der Waals surface area contributed by atoms with E-state index in [1.165, 1.54) is 0 Å². The van der Waals surface area contributed by atoms with Gasteiger partial charge < -0.3 is 9.84 Å². The Kier molecular flexibility index (Phi) is 4.65. The van der Waals surface area contributed by atoms with Crippen molar-refractivity contribution in [1.29, 1.82) is 0 Å². The number of rotatable bonds is 4. The van der Waals surface area contributed by atoms with Crippen molar-refractivity contribution in [1.82, 2.24) is 10.5 Å². The number of nitrogens with zero attached hydrogens (tertiary/aromatic N) is 1. The van der Waals surface area contributed by atoms with Crippen molar-refractivity contribution in [3.63, 3.8) is 0 Å². The van der Waals surface area contributed by atoms with Gasteiger partial charge in [0.1, 0.15) is 5.69 Å². The second-order valence-corrected chi connectivity index (χ2v) is 5.76. The third-order valence-corrected chi connectivity index (χ3v) is 3.69. The van der Waals surface area contributed by atoms with Gasteiger partial charge in [0.25, 0.3) is 5.91 Å². The second-order valence-electron chi connectivity index (χ2n) is 4.88. The minimum Gasteiger partial charge on any atom is -0.356 e. The zero-order chi connectivity index (χ0) is 16.2. The summed E-state index contributed by atoms with van der Waals surface area (Å²) in [4.78, 5) is 12.0. The van der Waals surface area contributed by atoms with E-state index in [9.17, 15) is 4.79 Å². The van der Waals surface area contributed by atoms with E-state index in [2.05, 4.69) is 10.5 Å². The van der Waals surface area contributed by atoms with Crippen LogP contribution in [0.2, 0.25) is 10.0 Å². The standard InChI is InChI=1S/C17H12Cl2N2O2/c18-13-6-4-11(5-7-13)16-9-15(21-23-16)10-20-17(22)12-2-1-3-14(19)8-12/h1-9H,10H2,(H,20,22). The van der Waals surface area contributed by atoms with Crippen LogP contribution in [0.4, 0.5) is 0 Å². The fourth-order valence-corrected chi connectivity index (χ4v) is 2.36. The average Bonchev–Trinajstić information content (AvgIpc) is 3.02. The zero-order valence-corrected chi connectivity index (χ0v) is 13.4. The van der Waals surface area contributed by atoms with E-state index in [-0.39, 0.29) is 12.5 Å². The lowest BCUT2D eigenvalue weighted by Gasteiger charge is -2.02. The maximum Gasteiger partial charge on any atom is 0.251 e. The van der Waals surface area contributed by atoms with Crippen LogP contribution in [0.3, 0.4) is 0 Å². The summed E-state index contributed by atoms with van der Waals surface area (Å²) in [5.41, 5.74) is 2.00. The summed E-state index contributed by atoms with van der Waals surface area (Å²) < 4.78 is 5.28. The summed E-state index contributed by atoms with van der Waals surface area (Å²) in [5.74, 6) is 0.400. The number of carbonyl (C=O) groups excluding carboxylic acids is 1. The largest absolute Gasteiger partial charge is 0.356 e. The molecule has 0 fully saturated rings. The number of hydrogen-bond acceptors (Lipinski definition) is 3. The maximum atomic E-state index is 12.0. The topological polar surface area (TPSA) is 55.1 Å². The summed E-state index contributed by atoms with van der Waals surface area (Å²) in [7, 11) is 0. The van der Waals surface area contributed by atoms with Crippen molar-refractivity contribution < 1.29 is 9.32 Å². The highest BCUT2D eigenvalue weighted by Crippen LogP contribution is 2.22. The number of hydrogen-bond donors (Lipinski definition) is 1. The maximum absolute atomic E-state index is 12.0. The number of benzene rings is 2. The number of aromatic nitrogens is 1. The summed E-state index contributed by atoms with van der Waals surface area (Å²) in [6, 6.07) is 15.8. The van der Waals surface area contributed by atoms with Crippen LogP contribution in [-0.2, 0) is 6.54 Å². The van der Waals surface area contributed by atoms with Crippen LogP contribution in [0.5, 0.6) is 0 Å². The van der Waals surface area contributed by atoms with Crippen molar-refractivity contribution in [2.75, 3.05) is 0 Å². The molecule has 0 radical (unpaired) electrons. The van der Waals surface area contributed by atoms with Crippen LogP contribution >= 0.6 is 23.2 Å². The molecule has 1 aromatic heterocycles. The Hall–Kier alpha value is -2.30. The molecule has 6 heteroatoms. The normalized spacial score (nSPS) is 10.5. The van der Waals surface area contributed by atoms with E-state index in [0.29, 0.717) is 27.1 Å². The van der Waals surface area contributed by atoms with Crippen LogP contribution in [-0.4, -0.2) is 11.1 Å². The Morgan fingerprint density at radius 1 is 1.04 bits per heavy atom. The first-order valence-electron chi connectivity index (χ1n) is 6.87. The third-order valence-electron chi connectivity index (χ3n) is 3.20. The molecule has 3 rings (SSSR count). The Balaban J connectivity index is 1.65. The van der Waals surface area contributed by atoms with E-state index in [0.717, 1.165) is 5.56 Å². The fraction of sp³-hybridized carbons (Fsp3) is 0.0588. The van der Waals surface area contributed by atoms with Crippen molar-refractivity contribution in [3.8, 4) is 11.3 Å². The molecule has 2 aromatic carbocycles. The molecule has 0 aliphatic heterocycles. The molecule has 0 saturated heterocycles. The molecule has 1 heterocycles. The van der Waals surface area contributed by atoms with E-state index in [1.807, 2.05) is 12.1 Å². The average molecular weight is 347 g/mol. The molecule has 0 spiro atoms. The molecule has 0 atom stereocenters. The first kappa shape index (κ1) is 15.6. The second kappa shape index (κ2) is 6.86. The fourth-order valence-electron chi connectivity index (χ4n) is 2.05. The predicted octanol–water partition coefficient (Wildman–Crippen LogP) is 4.58. The number of nitrogens with one attached hydrogen (secondary N) is 1. The molecule has 0 unspecified atom stereocenters. The lowest BCUT2D eigenvalue weighted by atomic mass is 10.1. The van der Waals surface area contributed by atoms with E-state index < -0.39 is 0 Å². The van der Waals surface area contributed by atoms with Gasteiger partial charge in [-0.3, -0.25) is 4.79 Å². The highest BCUT2D eigenvalue weighted by Gasteiger charge is 2.09. The predicted molar refractivity (Wildman–Crippen MR) is 89.6 cm³/mol. The van der Waals surface area contributed by atoms with Crippen molar-refractivity contribution in [2.45, 2.75) is 6.54 Å². The minimum absolute atomic E-state index is 0.219. The van der Waals surface area contributed by atoms with Crippen LogP contribution < -0.4 is 5.32 Å². The molecule has 0 aliphatic carbocycles. The lowest BCUT2D eigenvalue weighted by Crippen LogP contribution is -2.22. The summed E-state index contributed by atoms with van der Waals surface area (Å²) in [6.45, 7) is 0.266. The summed E-state index contributed by atoms with van der Waals surface area (Å²) in [5, 5.41) is 7.90. The first-order chi connectivity index (χ1) is 11.1. The minimum atomic E-state index is -0.219. The zero-order valence-electron chi connectivity index (χ0n) is 11.9. The van der Waals surface area contributed by atoms with Crippen molar-refractivity contribution in [2.24, 2.45) is 0 Å². The summed E-state index contributed by atoms with van der Waals surface area (Å²) >= 11 is 11.7. The van der Waals surface area contributed by atoms with Gasteiger partial charge in [-0.05, 0) is 42.5 Å². The van der Waals surface area contributed by atoms with Gasteiger partial charge in [0.2, 0.25) is 0 Å². The van der Waals surface area contributed by atoms with E-state index >= 15 is 0 Å². The molecule has 1 amide bonds. The van der Waals surface area contributed by atoms with Crippen molar-refractivity contribution in [3.05, 3.63) is 75.9 Å². The monoisotopic (exact) mass is 346 g/mol. The number of amides is 1. The summed E-state index contributed by atoms with van der Waals surface area (Å²) in [6.07, 6.45) is 0. The quantitative estimate of drug-likeness (QED) is 0.752. The Morgan fingerprint density at radius 3 is 2.57 bits per heavy atom. The molecule has 1 N–H and O–H groups in total. The van der Waals surface area contributed by atoms with Crippen molar-refractivity contribution >= 4 is 29.1 Å². The van der Waals surface area contributed by atoms with Crippen LogP contribution in [0, 0.1) is 0 Å². The van der Waals surface area contributed by atoms with E-state index in [4.69, 9.17) is 27.7 Å². The Morgan fingerprint density at radius 2 is 1.83 bits per heavy atom. The third kappa shape index (κ3) is 3.92. The van der Waals surface area contributed by atoms with Gasteiger partial charge in [0.05, 0.1) is 6.54 Å². The van der Waals surface area contributed by atoms with Gasteiger partial charge in [0, 0.05) is 27.2 Å². The highest BCUT2D eigenvalue weighted by molar-refractivity contribution is 6.31. The van der Waals surface area contributed by atoms with Gasteiger partial charge in [-0.1, -0.05) is 34.4 Å². The SMILES string of the molecule is O=C(NCc1cc(-c2ccc(Cl)cc2)on1)c1cccc(Cl)c1. The molecule has 116 valence electrons. The van der Waals surface area contributed by atoms with Crippen LogP contribution in [0.25, 0.3) is 11.3 Å². The van der Waals surface area contributed by atoms with Gasteiger partial charge >= 0.3 is 0 Å². The van der Waals surface area contributed by atoms with Gasteiger partial charge in [-0.15, -0.1) is 0 Å². The van der Waals surface area contributed by atoms with Gasteiger partial charge in [-0.2, -0.15) is 0 Å². The Labute approximate surface area is 143 Å². The lowest BCUT2D eigenvalue weighted by molar-refractivity contribution is 0.0950.